The molecule has 0 saturated heterocycles. The van der Waals surface area contributed by atoms with Crippen LogP contribution in [0.1, 0.15) is 0 Å². The summed E-state index contributed by atoms with van der Waals surface area (Å²) in [7, 11) is 0.711. The predicted molar refractivity (Wildman–Crippen MR) is 62.6 cm³/mol. The van der Waals surface area contributed by atoms with Crippen molar-refractivity contribution >= 4 is 31.9 Å². The van der Waals surface area contributed by atoms with Gasteiger partial charge in [0, 0.05) is 21.1 Å². The minimum absolute atomic E-state index is 0.102. The molecule has 17 heavy (non-hydrogen) atoms. The highest BCUT2D eigenvalue weighted by molar-refractivity contribution is 9.10. The van der Waals surface area contributed by atoms with E-state index in [1.807, 2.05) is 0 Å². The van der Waals surface area contributed by atoms with Gasteiger partial charge in [0.2, 0.25) is 10.9 Å². The number of halogens is 1. The second-order valence-electron chi connectivity index (χ2n) is 3.42. The molecule has 0 aliphatic carbocycles. The number of nitrogens with zero attached hydrogens (tertiary/aromatic N) is 4. The number of sulfonamides is 1. The van der Waals surface area contributed by atoms with Gasteiger partial charge in [-0.3, -0.25) is 4.79 Å². The van der Waals surface area contributed by atoms with Crippen molar-refractivity contribution in [3.05, 3.63) is 4.60 Å². The molecule has 1 heterocycles. The summed E-state index contributed by atoms with van der Waals surface area (Å²) in [4.78, 5) is 12.6. The number of carbonyl (C=O) groups excluding carboxylic acids is 1. The van der Waals surface area contributed by atoms with E-state index in [1.165, 1.54) is 26.0 Å². The van der Waals surface area contributed by atoms with Crippen molar-refractivity contribution in [1.29, 1.82) is 0 Å². The molecule has 0 atom stereocenters. The normalized spacial score (nSPS) is 11.5. The summed E-state index contributed by atoms with van der Waals surface area (Å²) in [5.41, 5.74) is 0. The van der Waals surface area contributed by atoms with E-state index in [4.69, 9.17) is 0 Å². The van der Waals surface area contributed by atoms with Crippen molar-refractivity contribution in [2.24, 2.45) is 7.05 Å². The highest BCUT2D eigenvalue weighted by Gasteiger charge is 2.24. The van der Waals surface area contributed by atoms with Crippen LogP contribution in [0.5, 0.6) is 0 Å². The minimum Gasteiger partial charge on any atom is -0.348 e. The van der Waals surface area contributed by atoms with Crippen LogP contribution < -0.4 is 4.72 Å². The first-order valence-corrected chi connectivity index (χ1v) is 6.78. The monoisotopic (exact) mass is 325 g/mol. The van der Waals surface area contributed by atoms with Gasteiger partial charge in [0.15, 0.2) is 4.60 Å². The van der Waals surface area contributed by atoms with Gasteiger partial charge in [-0.2, -0.15) is 0 Å². The predicted octanol–water partition coefficient (Wildman–Crippen LogP) is -1.06. The van der Waals surface area contributed by atoms with E-state index >= 15 is 0 Å². The molecular weight excluding hydrogens is 314 g/mol. The number of nitrogens with one attached hydrogen (secondary N) is 1. The van der Waals surface area contributed by atoms with E-state index < -0.39 is 10.0 Å². The average molecular weight is 326 g/mol. The minimum atomic E-state index is -3.81. The zero-order valence-corrected chi connectivity index (χ0v) is 11.9. The number of rotatable bonds is 4. The van der Waals surface area contributed by atoms with Gasteiger partial charge in [0.1, 0.15) is 0 Å². The van der Waals surface area contributed by atoms with Crippen LogP contribution in [0.25, 0.3) is 0 Å². The maximum atomic E-state index is 11.8. The van der Waals surface area contributed by atoms with Crippen LogP contribution in [0.4, 0.5) is 0 Å². The maximum absolute atomic E-state index is 11.8. The Kier molecular flexibility index (Phi) is 4.22. The third-order valence-electron chi connectivity index (χ3n) is 1.90. The summed E-state index contributed by atoms with van der Waals surface area (Å²) in [6, 6.07) is 0. The lowest BCUT2D eigenvalue weighted by Crippen LogP contribution is -2.36. The summed E-state index contributed by atoms with van der Waals surface area (Å²) in [5.74, 6) is -0.347. The molecular formula is C7H12BrN5O3S. The number of aromatic nitrogens is 3. The molecule has 0 aliphatic heterocycles. The summed E-state index contributed by atoms with van der Waals surface area (Å²) in [5, 5.41) is 6.99. The fraction of sp³-hybridized carbons (Fsp3) is 0.571. The lowest BCUT2D eigenvalue weighted by atomic mass is 10.6. The first-order valence-electron chi connectivity index (χ1n) is 4.50. The molecule has 1 aromatic heterocycles. The van der Waals surface area contributed by atoms with Crippen LogP contribution in [-0.4, -0.2) is 54.9 Å². The number of hydrogen-bond acceptors (Lipinski definition) is 5. The van der Waals surface area contributed by atoms with Gasteiger partial charge in [0.25, 0.3) is 10.0 Å². The molecule has 8 nitrogen and oxygen atoms in total. The molecule has 10 heteroatoms. The first-order chi connectivity index (χ1) is 7.75. The van der Waals surface area contributed by atoms with Crippen LogP contribution in [-0.2, 0) is 21.9 Å². The third kappa shape index (κ3) is 3.23. The van der Waals surface area contributed by atoms with Crippen LogP contribution in [0.15, 0.2) is 9.63 Å². The average Bonchev–Trinajstić information content (AvgIpc) is 2.55. The standard InChI is InChI=1S/C7H12BrN5O3S/c1-12(2)5(14)4-9-17(15,16)7-6(8)10-11-13(7)3/h9H,4H2,1-3H3. The van der Waals surface area contributed by atoms with Crippen LogP contribution in [0.3, 0.4) is 0 Å². The van der Waals surface area contributed by atoms with E-state index in [0.717, 1.165) is 4.68 Å². The van der Waals surface area contributed by atoms with Crippen LogP contribution in [0, 0.1) is 0 Å². The third-order valence-corrected chi connectivity index (χ3v) is 4.19. The summed E-state index contributed by atoms with van der Waals surface area (Å²) in [6.07, 6.45) is 0. The highest BCUT2D eigenvalue weighted by atomic mass is 79.9. The topological polar surface area (TPSA) is 97.2 Å². The number of amides is 1. The van der Waals surface area contributed by atoms with Crippen LogP contribution >= 0.6 is 15.9 Å². The van der Waals surface area contributed by atoms with E-state index in [1.54, 1.807) is 0 Å². The number of aryl methyl sites for hydroxylation is 1. The molecule has 0 spiro atoms. The molecule has 0 radical (unpaired) electrons. The van der Waals surface area contributed by atoms with Crippen molar-refractivity contribution in [3.63, 3.8) is 0 Å². The molecule has 1 aromatic rings. The number of hydrogen-bond donors (Lipinski definition) is 1. The summed E-state index contributed by atoms with van der Waals surface area (Å²) in [6.45, 7) is -0.313. The van der Waals surface area contributed by atoms with Gasteiger partial charge in [-0.15, -0.1) is 5.10 Å². The van der Waals surface area contributed by atoms with Crippen molar-refractivity contribution in [2.75, 3.05) is 20.6 Å². The lowest BCUT2D eigenvalue weighted by Gasteiger charge is -2.11. The van der Waals surface area contributed by atoms with Crippen molar-refractivity contribution in [2.45, 2.75) is 5.03 Å². The van der Waals surface area contributed by atoms with Gasteiger partial charge < -0.3 is 4.90 Å². The van der Waals surface area contributed by atoms with E-state index in [2.05, 4.69) is 31.0 Å². The lowest BCUT2D eigenvalue weighted by molar-refractivity contribution is -0.127. The van der Waals surface area contributed by atoms with Gasteiger partial charge in [-0.25, -0.2) is 17.8 Å². The Bertz CT molecular complexity index is 504. The molecule has 0 bridgehead atoms. The second-order valence-corrected chi connectivity index (χ2v) is 5.86. The number of carbonyl (C=O) groups is 1. The van der Waals surface area contributed by atoms with Crippen molar-refractivity contribution in [3.8, 4) is 0 Å². The SMILES string of the molecule is CN(C)C(=O)CNS(=O)(=O)c1c(Br)nnn1C. The van der Waals surface area contributed by atoms with Crippen LogP contribution in [0.2, 0.25) is 0 Å². The maximum Gasteiger partial charge on any atom is 0.261 e. The fourth-order valence-corrected chi connectivity index (χ4v) is 3.06. The largest absolute Gasteiger partial charge is 0.348 e. The van der Waals surface area contributed by atoms with Gasteiger partial charge in [0.05, 0.1) is 6.54 Å². The quantitative estimate of drug-likeness (QED) is 0.761. The van der Waals surface area contributed by atoms with Crippen molar-refractivity contribution < 1.29 is 13.2 Å². The molecule has 0 unspecified atom stereocenters. The molecule has 0 aromatic carbocycles. The van der Waals surface area contributed by atoms with Gasteiger partial charge >= 0.3 is 0 Å². The first kappa shape index (κ1) is 14.1. The molecule has 0 fully saturated rings. The Morgan fingerprint density at radius 2 is 2.12 bits per heavy atom. The molecule has 96 valence electrons. The Morgan fingerprint density at radius 1 is 1.53 bits per heavy atom. The van der Waals surface area contributed by atoms with E-state index in [-0.39, 0.29) is 22.1 Å². The second kappa shape index (κ2) is 5.10. The molecule has 0 saturated carbocycles. The Balaban J connectivity index is 2.87. The smallest absolute Gasteiger partial charge is 0.261 e. The van der Waals surface area contributed by atoms with E-state index in [0.29, 0.717) is 0 Å². The molecule has 0 aliphatic rings. The Labute approximate surface area is 107 Å². The van der Waals surface area contributed by atoms with Gasteiger partial charge in [-0.05, 0) is 15.9 Å². The number of likely N-dealkylation sites (N-methyl/N-ethyl adjacent to an activating group) is 1. The molecule has 1 rings (SSSR count). The molecule has 1 amide bonds. The zero-order chi connectivity index (χ0) is 13.2. The molecule has 1 N–H and O–H groups in total. The van der Waals surface area contributed by atoms with Gasteiger partial charge in [-0.1, -0.05) is 5.21 Å². The summed E-state index contributed by atoms with van der Waals surface area (Å²) >= 11 is 2.98. The summed E-state index contributed by atoms with van der Waals surface area (Å²) < 4.78 is 27.1. The van der Waals surface area contributed by atoms with Crippen molar-refractivity contribution in [1.82, 2.24) is 24.6 Å². The fourth-order valence-electron chi connectivity index (χ4n) is 0.991. The van der Waals surface area contributed by atoms with E-state index in [9.17, 15) is 13.2 Å². The Hall–Kier alpha value is -1.00. The Morgan fingerprint density at radius 3 is 2.53 bits per heavy atom. The highest BCUT2D eigenvalue weighted by Crippen LogP contribution is 2.17. The zero-order valence-electron chi connectivity index (χ0n) is 9.51.